The molecular formula is C16H16BrN3O3. The number of aromatic amines is 1. The van der Waals surface area contributed by atoms with Gasteiger partial charge in [0.1, 0.15) is 16.9 Å². The van der Waals surface area contributed by atoms with Gasteiger partial charge in [-0.2, -0.15) is 5.10 Å². The molecule has 1 amide bonds. The minimum Gasteiger partial charge on any atom is -0.480 e. The molecule has 0 aliphatic heterocycles. The van der Waals surface area contributed by atoms with Crippen molar-refractivity contribution < 1.29 is 14.7 Å². The van der Waals surface area contributed by atoms with Gasteiger partial charge in [-0.25, -0.2) is 4.79 Å². The van der Waals surface area contributed by atoms with Crippen LogP contribution in [0.4, 0.5) is 0 Å². The number of H-pyrrole nitrogens is 1. The smallest absolute Gasteiger partial charge is 0.329 e. The van der Waals surface area contributed by atoms with Gasteiger partial charge in [0, 0.05) is 5.56 Å². The topological polar surface area (TPSA) is 95.1 Å². The fraction of sp³-hybridized carbons (Fsp3) is 0.312. The number of hydrogen-bond donors (Lipinski definition) is 3. The van der Waals surface area contributed by atoms with Crippen molar-refractivity contribution in [2.24, 2.45) is 0 Å². The number of hydrogen-bond acceptors (Lipinski definition) is 3. The summed E-state index contributed by atoms with van der Waals surface area (Å²) >= 11 is 3.39. The van der Waals surface area contributed by atoms with Crippen LogP contribution in [0.2, 0.25) is 0 Å². The van der Waals surface area contributed by atoms with E-state index in [-0.39, 0.29) is 5.69 Å². The Morgan fingerprint density at radius 3 is 2.48 bits per heavy atom. The Kier molecular flexibility index (Phi) is 4.21. The van der Waals surface area contributed by atoms with Gasteiger partial charge in [-0.05, 0) is 28.8 Å². The standard InChI is InChI=1S/C16H16BrN3O3/c17-11-12(10-6-2-1-3-7-10)19-20-13(11)14(21)18-16(15(22)23)8-4-5-9-16/h1-3,6-7H,4-5,8-9H2,(H,18,21)(H,19,20)(H,22,23). The number of aromatic nitrogens is 2. The van der Waals surface area contributed by atoms with E-state index in [1.807, 2.05) is 30.3 Å². The summed E-state index contributed by atoms with van der Waals surface area (Å²) in [5, 5.41) is 19.0. The molecule has 1 saturated carbocycles. The summed E-state index contributed by atoms with van der Waals surface area (Å²) in [7, 11) is 0. The zero-order valence-electron chi connectivity index (χ0n) is 12.3. The minimum absolute atomic E-state index is 0.233. The van der Waals surface area contributed by atoms with Crippen LogP contribution in [0.3, 0.4) is 0 Å². The average molecular weight is 378 g/mol. The van der Waals surface area contributed by atoms with Gasteiger partial charge < -0.3 is 10.4 Å². The first-order valence-corrected chi connectivity index (χ1v) is 8.18. The lowest BCUT2D eigenvalue weighted by Gasteiger charge is -2.24. The Labute approximate surface area is 141 Å². The van der Waals surface area contributed by atoms with Gasteiger partial charge in [-0.15, -0.1) is 0 Å². The Morgan fingerprint density at radius 2 is 1.87 bits per heavy atom. The number of nitrogens with one attached hydrogen (secondary N) is 2. The van der Waals surface area contributed by atoms with Crippen molar-refractivity contribution >= 4 is 27.8 Å². The molecule has 1 aliphatic carbocycles. The molecule has 0 unspecified atom stereocenters. The highest BCUT2D eigenvalue weighted by Crippen LogP contribution is 2.32. The van der Waals surface area contributed by atoms with Crippen molar-refractivity contribution in [1.82, 2.24) is 15.5 Å². The van der Waals surface area contributed by atoms with Gasteiger partial charge in [0.05, 0.1) is 4.47 Å². The maximum Gasteiger partial charge on any atom is 0.329 e. The summed E-state index contributed by atoms with van der Waals surface area (Å²) in [6.45, 7) is 0. The zero-order valence-corrected chi connectivity index (χ0v) is 13.9. The molecular weight excluding hydrogens is 362 g/mol. The lowest BCUT2D eigenvalue weighted by Crippen LogP contribution is -2.52. The van der Waals surface area contributed by atoms with Gasteiger partial charge in [0.25, 0.3) is 5.91 Å². The minimum atomic E-state index is -1.17. The van der Waals surface area contributed by atoms with Crippen LogP contribution in [0, 0.1) is 0 Å². The number of carbonyl (C=O) groups is 2. The first-order valence-electron chi connectivity index (χ1n) is 7.39. The summed E-state index contributed by atoms with van der Waals surface area (Å²) in [5.41, 5.74) is 0.542. The lowest BCUT2D eigenvalue weighted by molar-refractivity contribution is -0.144. The third-order valence-electron chi connectivity index (χ3n) is 4.20. The predicted molar refractivity (Wildman–Crippen MR) is 88.0 cm³/mol. The zero-order chi connectivity index (χ0) is 16.4. The summed E-state index contributed by atoms with van der Waals surface area (Å²) < 4.78 is 0.528. The maximum absolute atomic E-state index is 12.5. The fourth-order valence-corrected chi connectivity index (χ4v) is 3.50. The van der Waals surface area contributed by atoms with Crippen molar-refractivity contribution in [1.29, 1.82) is 0 Å². The molecule has 0 radical (unpaired) electrons. The summed E-state index contributed by atoms with van der Waals surface area (Å²) in [6, 6.07) is 9.44. The van der Waals surface area contributed by atoms with Crippen molar-refractivity contribution in [3.8, 4) is 11.3 Å². The van der Waals surface area contributed by atoms with Crippen LogP contribution in [0.1, 0.15) is 36.2 Å². The molecule has 6 nitrogen and oxygen atoms in total. The quantitative estimate of drug-likeness (QED) is 0.762. The van der Waals surface area contributed by atoms with E-state index in [9.17, 15) is 14.7 Å². The molecule has 3 N–H and O–H groups in total. The molecule has 1 aliphatic rings. The Balaban J connectivity index is 1.86. The molecule has 0 atom stereocenters. The van der Waals surface area contributed by atoms with E-state index in [2.05, 4.69) is 31.4 Å². The molecule has 7 heteroatoms. The van der Waals surface area contributed by atoms with E-state index in [1.165, 1.54) is 0 Å². The third kappa shape index (κ3) is 2.88. The number of carbonyl (C=O) groups excluding carboxylic acids is 1. The van der Waals surface area contributed by atoms with Gasteiger partial charge in [0.2, 0.25) is 0 Å². The summed E-state index contributed by atoms with van der Waals surface area (Å²) in [6.07, 6.45) is 2.49. The highest BCUT2D eigenvalue weighted by molar-refractivity contribution is 9.10. The molecule has 1 aromatic carbocycles. The normalized spacial score (nSPS) is 16.2. The fourth-order valence-electron chi connectivity index (χ4n) is 2.92. The van der Waals surface area contributed by atoms with Crippen molar-refractivity contribution in [2.75, 3.05) is 0 Å². The van der Waals surface area contributed by atoms with Crippen LogP contribution in [0.15, 0.2) is 34.8 Å². The van der Waals surface area contributed by atoms with Crippen molar-refractivity contribution in [3.63, 3.8) is 0 Å². The molecule has 0 spiro atoms. The monoisotopic (exact) mass is 377 g/mol. The van der Waals surface area contributed by atoms with Gasteiger partial charge >= 0.3 is 5.97 Å². The summed E-state index contributed by atoms with van der Waals surface area (Å²) in [4.78, 5) is 24.0. The molecule has 0 bridgehead atoms. The first kappa shape index (κ1) is 15.7. The average Bonchev–Trinajstić information content (AvgIpc) is 3.16. The van der Waals surface area contributed by atoms with E-state index in [4.69, 9.17) is 0 Å². The second-order valence-electron chi connectivity index (χ2n) is 5.68. The van der Waals surface area contributed by atoms with Gasteiger partial charge in [-0.3, -0.25) is 9.89 Å². The number of amides is 1. The van der Waals surface area contributed by atoms with Crippen molar-refractivity contribution in [2.45, 2.75) is 31.2 Å². The van der Waals surface area contributed by atoms with Crippen LogP contribution >= 0.6 is 15.9 Å². The SMILES string of the molecule is O=C(NC1(C(=O)O)CCCC1)c1[nH]nc(-c2ccccc2)c1Br. The predicted octanol–water partition coefficient (Wildman–Crippen LogP) is 2.97. The van der Waals surface area contributed by atoms with Crippen LogP contribution in [0.25, 0.3) is 11.3 Å². The van der Waals surface area contributed by atoms with Gasteiger partial charge in [-0.1, -0.05) is 43.2 Å². The number of carboxylic acids is 1. The van der Waals surface area contributed by atoms with Crippen LogP contribution in [0.5, 0.6) is 0 Å². The Bertz CT molecular complexity index is 736. The molecule has 23 heavy (non-hydrogen) atoms. The first-order chi connectivity index (χ1) is 11.0. The highest BCUT2D eigenvalue weighted by Gasteiger charge is 2.43. The Morgan fingerprint density at radius 1 is 1.22 bits per heavy atom. The lowest BCUT2D eigenvalue weighted by atomic mass is 9.97. The third-order valence-corrected chi connectivity index (χ3v) is 4.97. The molecule has 1 aromatic heterocycles. The van der Waals surface area contributed by atoms with Crippen LogP contribution in [-0.4, -0.2) is 32.7 Å². The molecule has 3 rings (SSSR count). The van der Waals surface area contributed by atoms with E-state index in [0.717, 1.165) is 18.4 Å². The number of aliphatic carboxylic acids is 1. The van der Waals surface area contributed by atoms with Crippen LogP contribution in [-0.2, 0) is 4.79 Å². The van der Waals surface area contributed by atoms with E-state index >= 15 is 0 Å². The van der Waals surface area contributed by atoms with Gasteiger partial charge in [0.15, 0.2) is 0 Å². The number of carboxylic acid groups (broad SMARTS) is 1. The number of nitrogens with zero attached hydrogens (tertiary/aromatic N) is 1. The van der Waals surface area contributed by atoms with E-state index in [0.29, 0.717) is 23.0 Å². The largest absolute Gasteiger partial charge is 0.480 e. The summed E-state index contributed by atoms with van der Waals surface area (Å²) in [5.74, 6) is -1.45. The van der Waals surface area contributed by atoms with E-state index in [1.54, 1.807) is 0 Å². The molecule has 120 valence electrons. The second kappa shape index (κ2) is 6.16. The maximum atomic E-state index is 12.5. The number of halogens is 1. The molecule has 2 aromatic rings. The highest BCUT2D eigenvalue weighted by atomic mass is 79.9. The molecule has 0 saturated heterocycles. The van der Waals surface area contributed by atoms with Crippen molar-refractivity contribution in [3.05, 3.63) is 40.5 Å². The number of rotatable bonds is 4. The van der Waals surface area contributed by atoms with E-state index < -0.39 is 17.4 Å². The van der Waals surface area contributed by atoms with Crippen LogP contribution < -0.4 is 5.32 Å². The Hall–Kier alpha value is -2.15. The molecule has 1 fully saturated rings. The second-order valence-corrected chi connectivity index (χ2v) is 6.47. The molecule has 1 heterocycles. The number of benzene rings is 1.